The number of fused-ring (bicyclic) bond motifs is 1. The molecule has 1 aliphatic carbocycles. The molecule has 0 aliphatic heterocycles. The second kappa shape index (κ2) is 3.35. The van der Waals surface area contributed by atoms with Crippen molar-refractivity contribution in [1.29, 1.82) is 0 Å². The molecule has 0 radical (unpaired) electrons. The van der Waals surface area contributed by atoms with Gasteiger partial charge in [-0.15, -0.1) is 0 Å². The first-order chi connectivity index (χ1) is 6.25. The van der Waals surface area contributed by atoms with E-state index in [1.54, 1.807) is 6.92 Å². The lowest BCUT2D eigenvalue weighted by Gasteiger charge is -1.97. The van der Waals surface area contributed by atoms with Crippen LogP contribution in [0.4, 0.5) is 0 Å². The van der Waals surface area contributed by atoms with Gasteiger partial charge in [0.2, 0.25) is 0 Å². The van der Waals surface area contributed by atoms with Crippen LogP contribution in [0, 0.1) is 0 Å². The van der Waals surface area contributed by atoms with Crippen LogP contribution in [0.5, 0.6) is 0 Å². The highest BCUT2D eigenvalue weighted by atomic mass is 16.3. The Kier molecular flexibility index (Phi) is 2.19. The van der Waals surface area contributed by atoms with Crippen molar-refractivity contribution in [1.82, 2.24) is 0 Å². The Hall–Kier alpha value is -1.08. The van der Waals surface area contributed by atoms with E-state index < -0.39 is 0 Å². The van der Waals surface area contributed by atoms with Crippen molar-refractivity contribution in [2.75, 3.05) is 0 Å². The molecule has 0 bridgehead atoms. The molecule has 13 heavy (non-hydrogen) atoms. The summed E-state index contributed by atoms with van der Waals surface area (Å²) in [7, 11) is 0. The zero-order valence-electron chi connectivity index (χ0n) is 7.83. The molecule has 1 heteroatoms. The molecule has 1 unspecified atom stereocenters. The number of allylic oxidation sites excluding steroid dienone is 1. The quantitative estimate of drug-likeness (QED) is 0.646. The molecule has 1 nitrogen and oxygen atoms in total. The van der Waals surface area contributed by atoms with Gasteiger partial charge in [-0.25, -0.2) is 0 Å². The third kappa shape index (κ3) is 1.81. The van der Waals surface area contributed by atoms with Gasteiger partial charge >= 0.3 is 0 Å². The fourth-order valence-corrected chi connectivity index (χ4v) is 1.91. The normalized spacial score (nSPS) is 16.9. The van der Waals surface area contributed by atoms with Gasteiger partial charge in [0.05, 0.1) is 6.10 Å². The Morgan fingerprint density at radius 3 is 2.23 bits per heavy atom. The van der Waals surface area contributed by atoms with Crippen LogP contribution in [0.1, 0.15) is 18.1 Å². The first kappa shape index (κ1) is 8.52. The molecule has 1 aromatic carbocycles. The van der Waals surface area contributed by atoms with Gasteiger partial charge in [-0.05, 0) is 30.9 Å². The third-order valence-corrected chi connectivity index (χ3v) is 2.43. The van der Waals surface area contributed by atoms with Crippen molar-refractivity contribution in [3.63, 3.8) is 0 Å². The van der Waals surface area contributed by atoms with Gasteiger partial charge in [0.1, 0.15) is 0 Å². The Bertz CT molecular complexity index is 310. The Labute approximate surface area is 78.7 Å². The van der Waals surface area contributed by atoms with Crippen molar-refractivity contribution >= 4 is 0 Å². The lowest BCUT2D eigenvalue weighted by Crippen LogP contribution is -1.96. The van der Waals surface area contributed by atoms with Crippen LogP contribution in [0.2, 0.25) is 0 Å². The van der Waals surface area contributed by atoms with Gasteiger partial charge in [-0.1, -0.05) is 35.9 Å². The molecule has 2 rings (SSSR count). The maximum Gasteiger partial charge on any atom is 0.0695 e. The summed E-state index contributed by atoms with van der Waals surface area (Å²) < 4.78 is 0. The van der Waals surface area contributed by atoms with Gasteiger partial charge in [-0.3, -0.25) is 0 Å². The van der Waals surface area contributed by atoms with E-state index in [4.69, 9.17) is 0 Å². The highest BCUT2D eigenvalue weighted by Gasteiger charge is 2.14. The number of hydrogen-bond donors (Lipinski definition) is 1. The molecule has 0 saturated heterocycles. The van der Waals surface area contributed by atoms with Crippen molar-refractivity contribution in [2.24, 2.45) is 0 Å². The van der Waals surface area contributed by atoms with Crippen LogP contribution in [-0.4, -0.2) is 11.2 Å². The molecule has 0 amide bonds. The molecule has 0 aromatic heterocycles. The van der Waals surface area contributed by atoms with E-state index in [1.165, 1.54) is 16.7 Å². The van der Waals surface area contributed by atoms with Crippen LogP contribution < -0.4 is 0 Å². The molecule has 0 fully saturated rings. The number of hydrogen-bond acceptors (Lipinski definition) is 1. The molecular weight excluding hydrogens is 160 g/mol. The minimum absolute atomic E-state index is 0.315. The number of aliphatic hydroxyl groups is 1. The Morgan fingerprint density at radius 1 is 1.23 bits per heavy atom. The predicted molar refractivity (Wildman–Crippen MR) is 53.6 cm³/mol. The molecule has 0 spiro atoms. The Balaban J connectivity index is 2.23. The third-order valence-electron chi connectivity index (χ3n) is 2.43. The van der Waals surface area contributed by atoms with E-state index in [0.717, 1.165) is 12.8 Å². The second-order valence-corrected chi connectivity index (χ2v) is 3.69. The summed E-state index contributed by atoms with van der Waals surface area (Å²) in [5.41, 5.74) is 4.17. The number of rotatable bonds is 1. The maximum atomic E-state index is 9.22. The lowest BCUT2D eigenvalue weighted by molar-refractivity contribution is 0.243. The average molecular weight is 174 g/mol. The summed E-state index contributed by atoms with van der Waals surface area (Å²) in [4.78, 5) is 0. The summed E-state index contributed by atoms with van der Waals surface area (Å²) in [6, 6.07) is 8.48. The molecule has 0 saturated carbocycles. The topological polar surface area (TPSA) is 20.2 Å². The van der Waals surface area contributed by atoms with Crippen LogP contribution in [0.3, 0.4) is 0 Å². The van der Waals surface area contributed by atoms with E-state index in [2.05, 4.69) is 24.3 Å². The highest BCUT2D eigenvalue weighted by molar-refractivity contribution is 5.40. The minimum Gasteiger partial charge on any atom is -0.389 e. The Morgan fingerprint density at radius 2 is 1.77 bits per heavy atom. The van der Waals surface area contributed by atoms with Crippen LogP contribution in [0.15, 0.2) is 35.9 Å². The summed E-state index contributed by atoms with van der Waals surface area (Å²) in [6.45, 7) is 1.80. The SMILES string of the molecule is CC(O)C=C1Cc2ccccc2C1. The van der Waals surface area contributed by atoms with Crippen molar-refractivity contribution in [3.05, 3.63) is 47.0 Å². The smallest absolute Gasteiger partial charge is 0.0695 e. The van der Waals surface area contributed by atoms with Gasteiger partial charge in [0.25, 0.3) is 0 Å². The van der Waals surface area contributed by atoms with E-state index in [1.807, 2.05) is 6.08 Å². The average Bonchev–Trinajstić information content (AvgIpc) is 2.44. The van der Waals surface area contributed by atoms with Crippen LogP contribution >= 0.6 is 0 Å². The molecule has 1 N–H and O–H groups in total. The van der Waals surface area contributed by atoms with Gasteiger partial charge < -0.3 is 5.11 Å². The van der Waals surface area contributed by atoms with Crippen molar-refractivity contribution in [3.8, 4) is 0 Å². The van der Waals surface area contributed by atoms with Gasteiger partial charge in [-0.2, -0.15) is 0 Å². The van der Waals surface area contributed by atoms with Crippen LogP contribution in [0.25, 0.3) is 0 Å². The summed E-state index contributed by atoms with van der Waals surface area (Å²) in [5, 5.41) is 9.22. The van der Waals surface area contributed by atoms with E-state index in [-0.39, 0.29) is 6.10 Å². The first-order valence-electron chi connectivity index (χ1n) is 4.70. The number of aliphatic hydroxyl groups excluding tert-OH is 1. The summed E-state index contributed by atoms with van der Waals surface area (Å²) >= 11 is 0. The minimum atomic E-state index is -0.315. The molecule has 1 aliphatic rings. The second-order valence-electron chi connectivity index (χ2n) is 3.69. The molecule has 1 atom stereocenters. The van der Waals surface area contributed by atoms with E-state index in [9.17, 15) is 5.11 Å². The zero-order valence-corrected chi connectivity index (χ0v) is 7.83. The molecule has 68 valence electrons. The summed E-state index contributed by atoms with van der Waals surface area (Å²) in [6.07, 6.45) is 3.67. The summed E-state index contributed by atoms with van der Waals surface area (Å²) in [5.74, 6) is 0. The predicted octanol–water partition coefficient (Wildman–Crippen LogP) is 2.09. The highest BCUT2D eigenvalue weighted by Crippen LogP contribution is 2.25. The first-order valence-corrected chi connectivity index (χ1v) is 4.70. The van der Waals surface area contributed by atoms with E-state index in [0.29, 0.717) is 0 Å². The van der Waals surface area contributed by atoms with Gasteiger partial charge in [0, 0.05) is 0 Å². The molecule has 0 heterocycles. The van der Waals surface area contributed by atoms with Gasteiger partial charge in [0.15, 0.2) is 0 Å². The molecule has 1 aromatic rings. The monoisotopic (exact) mass is 174 g/mol. The number of benzene rings is 1. The molecular formula is C12H14O. The largest absolute Gasteiger partial charge is 0.389 e. The standard InChI is InChI=1S/C12H14O/c1-9(13)6-10-7-11-4-2-3-5-12(11)8-10/h2-6,9,13H,7-8H2,1H3. The van der Waals surface area contributed by atoms with Crippen molar-refractivity contribution in [2.45, 2.75) is 25.9 Å². The zero-order chi connectivity index (χ0) is 9.26. The van der Waals surface area contributed by atoms with E-state index >= 15 is 0 Å². The van der Waals surface area contributed by atoms with Crippen LogP contribution in [-0.2, 0) is 12.8 Å². The fraction of sp³-hybridized carbons (Fsp3) is 0.333. The lowest BCUT2D eigenvalue weighted by atomic mass is 10.1. The maximum absolute atomic E-state index is 9.22. The van der Waals surface area contributed by atoms with Crippen molar-refractivity contribution < 1.29 is 5.11 Å². The fourth-order valence-electron chi connectivity index (χ4n) is 1.91.